The molecule has 1 saturated carbocycles. The minimum atomic E-state index is 0.0880. The molecule has 1 aliphatic heterocycles. The normalized spacial score (nSPS) is 19.8. The molecule has 4 heteroatoms. The van der Waals surface area contributed by atoms with Gasteiger partial charge in [-0.2, -0.15) is 0 Å². The van der Waals surface area contributed by atoms with Crippen molar-refractivity contribution in [1.82, 2.24) is 5.32 Å². The van der Waals surface area contributed by atoms with E-state index in [0.717, 1.165) is 63.5 Å². The van der Waals surface area contributed by atoms with E-state index < -0.39 is 0 Å². The highest BCUT2D eigenvalue weighted by Crippen LogP contribution is 2.31. The van der Waals surface area contributed by atoms with Gasteiger partial charge < -0.3 is 20.5 Å². The van der Waals surface area contributed by atoms with Crippen LogP contribution in [0.5, 0.6) is 11.5 Å². The van der Waals surface area contributed by atoms with E-state index in [-0.39, 0.29) is 5.54 Å². The van der Waals surface area contributed by atoms with E-state index in [0.29, 0.717) is 0 Å². The zero-order valence-corrected chi connectivity index (χ0v) is 11.3. The first kappa shape index (κ1) is 12.8. The lowest BCUT2D eigenvalue weighted by Gasteiger charge is -2.11. The average Bonchev–Trinajstić information content (AvgIpc) is 3.18. The third-order valence-corrected chi connectivity index (χ3v) is 3.77. The molecule has 1 aromatic rings. The minimum Gasteiger partial charge on any atom is -0.490 e. The van der Waals surface area contributed by atoms with Crippen molar-refractivity contribution in [3.63, 3.8) is 0 Å². The molecule has 0 radical (unpaired) electrons. The lowest BCUT2D eigenvalue weighted by atomic mass is 10.1. The number of nitrogens with two attached hydrogens (primary N) is 1. The molecule has 0 spiro atoms. The van der Waals surface area contributed by atoms with Gasteiger partial charge in [-0.25, -0.2) is 0 Å². The highest BCUT2D eigenvalue weighted by Gasteiger charge is 2.37. The average molecular weight is 262 g/mol. The summed E-state index contributed by atoms with van der Waals surface area (Å²) >= 11 is 0. The highest BCUT2D eigenvalue weighted by atomic mass is 16.5. The number of hydrogen-bond donors (Lipinski definition) is 2. The maximum atomic E-state index is 6.04. The van der Waals surface area contributed by atoms with Crippen molar-refractivity contribution < 1.29 is 9.47 Å². The van der Waals surface area contributed by atoms with E-state index in [1.165, 1.54) is 5.56 Å². The van der Waals surface area contributed by atoms with Crippen LogP contribution in [0.25, 0.3) is 0 Å². The van der Waals surface area contributed by atoms with Crippen molar-refractivity contribution in [1.29, 1.82) is 0 Å². The Labute approximate surface area is 114 Å². The summed E-state index contributed by atoms with van der Waals surface area (Å²) in [4.78, 5) is 0. The van der Waals surface area contributed by atoms with Crippen LogP contribution in [-0.2, 0) is 6.42 Å². The summed E-state index contributed by atoms with van der Waals surface area (Å²) in [5.41, 5.74) is 7.40. The molecule has 2 aliphatic rings. The number of hydrogen-bond acceptors (Lipinski definition) is 4. The fourth-order valence-corrected chi connectivity index (χ4v) is 2.27. The molecule has 1 fully saturated rings. The predicted molar refractivity (Wildman–Crippen MR) is 74.8 cm³/mol. The molecule has 3 N–H and O–H groups in total. The lowest BCUT2D eigenvalue weighted by molar-refractivity contribution is 0.297. The van der Waals surface area contributed by atoms with Crippen molar-refractivity contribution in [3.8, 4) is 11.5 Å². The first-order valence-corrected chi connectivity index (χ1v) is 7.13. The summed E-state index contributed by atoms with van der Waals surface area (Å²) in [6.45, 7) is 3.37. The molecular weight excluding hydrogens is 240 g/mol. The Morgan fingerprint density at radius 2 is 1.95 bits per heavy atom. The van der Waals surface area contributed by atoms with Crippen LogP contribution >= 0.6 is 0 Å². The molecule has 0 atom stereocenters. The van der Waals surface area contributed by atoms with Gasteiger partial charge in [0.25, 0.3) is 0 Å². The van der Waals surface area contributed by atoms with Gasteiger partial charge in [-0.3, -0.25) is 0 Å². The molecule has 104 valence electrons. The number of nitrogens with one attached hydrogen (secondary N) is 1. The van der Waals surface area contributed by atoms with E-state index in [1.54, 1.807) is 0 Å². The molecule has 0 amide bonds. The molecule has 3 rings (SSSR count). The standard InChI is InChI=1S/C15H22N2O2/c16-15(5-6-15)11-17-7-4-12-2-3-13-14(10-12)19-9-1-8-18-13/h2-3,10,17H,1,4-9,11,16H2. The second-order valence-corrected chi connectivity index (χ2v) is 5.62. The van der Waals surface area contributed by atoms with Crippen molar-refractivity contribution in [3.05, 3.63) is 23.8 Å². The largest absolute Gasteiger partial charge is 0.490 e. The topological polar surface area (TPSA) is 56.5 Å². The quantitative estimate of drug-likeness (QED) is 0.789. The van der Waals surface area contributed by atoms with E-state index in [4.69, 9.17) is 15.2 Å². The van der Waals surface area contributed by atoms with Crippen LogP contribution in [0, 0.1) is 0 Å². The molecular formula is C15H22N2O2. The van der Waals surface area contributed by atoms with Gasteiger partial charge in [-0.1, -0.05) is 6.07 Å². The summed E-state index contributed by atoms with van der Waals surface area (Å²) in [7, 11) is 0. The van der Waals surface area contributed by atoms with Gasteiger partial charge in [0, 0.05) is 18.5 Å². The van der Waals surface area contributed by atoms with Crippen LogP contribution < -0.4 is 20.5 Å². The van der Waals surface area contributed by atoms with Crippen molar-refractivity contribution in [2.45, 2.75) is 31.2 Å². The van der Waals surface area contributed by atoms with Crippen LogP contribution in [0.3, 0.4) is 0 Å². The van der Waals surface area contributed by atoms with Gasteiger partial charge in [0.15, 0.2) is 11.5 Å². The Morgan fingerprint density at radius 1 is 1.16 bits per heavy atom. The zero-order chi connectivity index (χ0) is 13.1. The SMILES string of the molecule is NC1(CNCCc2ccc3c(c2)OCCCO3)CC1. The predicted octanol–water partition coefficient (Wildman–Crippen LogP) is 1.47. The minimum absolute atomic E-state index is 0.0880. The molecule has 1 aromatic carbocycles. The number of rotatable bonds is 5. The smallest absolute Gasteiger partial charge is 0.161 e. The summed E-state index contributed by atoms with van der Waals surface area (Å²) < 4.78 is 11.3. The number of fused-ring (bicyclic) bond motifs is 1. The second-order valence-electron chi connectivity index (χ2n) is 5.62. The Balaban J connectivity index is 1.51. The van der Waals surface area contributed by atoms with Gasteiger partial charge in [0.1, 0.15) is 0 Å². The Kier molecular flexibility index (Phi) is 3.62. The first-order valence-electron chi connectivity index (χ1n) is 7.13. The third-order valence-electron chi connectivity index (χ3n) is 3.77. The van der Waals surface area contributed by atoms with Crippen LogP contribution in [0.2, 0.25) is 0 Å². The molecule has 0 saturated heterocycles. The van der Waals surface area contributed by atoms with Crippen molar-refractivity contribution in [2.75, 3.05) is 26.3 Å². The van der Waals surface area contributed by atoms with E-state index in [9.17, 15) is 0 Å². The van der Waals surface area contributed by atoms with Crippen LogP contribution in [-0.4, -0.2) is 31.8 Å². The fraction of sp³-hybridized carbons (Fsp3) is 0.600. The summed E-state index contributed by atoms with van der Waals surface area (Å²) in [6, 6.07) is 6.23. The monoisotopic (exact) mass is 262 g/mol. The van der Waals surface area contributed by atoms with Gasteiger partial charge in [-0.15, -0.1) is 0 Å². The van der Waals surface area contributed by atoms with Crippen LogP contribution in [0.1, 0.15) is 24.8 Å². The van der Waals surface area contributed by atoms with E-state index >= 15 is 0 Å². The highest BCUT2D eigenvalue weighted by molar-refractivity contribution is 5.43. The Morgan fingerprint density at radius 3 is 2.74 bits per heavy atom. The number of benzene rings is 1. The molecule has 0 aromatic heterocycles. The maximum Gasteiger partial charge on any atom is 0.161 e. The van der Waals surface area contributed by atoms with Gasteiger partial charge >= 0.3 is 0 Å². The summed E-state index contributed by atoms with van der Waals surface area (Å²) in [5, 5.41) is 3.43. The summed E-state index contributed by atoms with van der Waals surface area (Å²) in [5.74, 6) is 1.75. The zero-order valence-electron chi connectivity index (χ0n) is 11.3. The fourth-order valence-electron chi connectivity index (χ4n) is 2.27. The first-order chi connectivity index (χ1) is 9.25. The molecule has 1 heterocycles. The van der Waals surface area contributed by atoms with Crippen LogP contribution in [0.4, 0.5) is 0 Å². The van der Waals surface area contributed by atoms with Crippen molar-refractivity contribution in [2.24, 2.45) is 5.73 Å². The van der Waals surface area contributed by atoms with Gasteiger partial charge in [0.2, 0.25) is 0 Å². The Bertz CT molecular complexity index is 444. The molecule has 1 aliphatic carbocycles. The van der Waals surface area contributed by atoms with Gasteiger partial charge in [-0.05, 0) is 43.5 Å². The third kappa shape index (κ3) is 3.39. The molecule has 19 heavy (non-hydrogen) atoms. The maximum absolute atomic E-state index is 6.04. The second kappa shape index (κ2) is 5.39. The molecule has 0 bridgehead atoms. The number of ether oxygens (including phenoxy) is 2. The van der Waals surface area contributed by atoms with E-state index in [1.807, 2.05) is 6.07 Å². The molecule has 4 nitrogen and oxygen atoms in total. The van der Waals surface area contributed by atoms with Crippen molar-refractivity contribution >= 4 is 0 Å². The molecule has 0 unspecified atom stereocenters. The lowest BCUT2D eigenvalue weighted by Crippen LogP contribution is -2.36. The van der Waals surface area contributed by atoms with Crippen LogP contribution in [0.15, 0.2) is 18.2 Å². The summed E-state index contributed by atoms with van der Waals surface area (Å²) in [6.07, 6.45) is 4.25. The Hall–Kier alpha value is -1.26. The van der Waals surface area contributed by atoms with E-state index in [2.05, 4.69) is 17.4 Å². The van der Waals surface area contributed by atoms with Gasteiger partial charge in [0.05, 0.1) is 13.2 Å².